The number of carbonyl (C=O) groups excluding carboxylic acids is 1. The summed E-state index contributed by atoms with van der Waals surface area (Å²) in [7, 11) is 3.50. The molecule has 1 amide bonds. The van der Waals surface area contributed by atoms with E-state index in [1.165, 1.54) is 0 Å². The van der Waals surface area contributed by atoms with Crippen molar-refractivity contribution in [3.05, 3.63) is 11.9 Å². The van der Waals surface area contributed by atoms with Gasteiger partial charge in [0.25, 0.3) is 0 Å². The molecule has 1 aromatic heterocycles. The van der Waals surface area contributed by atoms with Gasteiger partial charge in [0.15, 0.2) is 0 Å². The van der Waals surface area contributed by atoms with Crippen LogP contribution in [-0.4, -0.2) is 47.5 Å². The number of aromatic nitrogens is 2. The van der Waals surface area contributed by atoms with Gasteiger partial charge in [0.1, 0.15) is 23.5 Å². The molecule has 1 fully saturated rings. The van der Waals surface area contributed by atoms with Crippen molar-refractivity contribution in [2.75, 3.05) is 31.3 Å². The lowest BCUT2D eigenvalue weighted by atomic mass is 10.3. The zero-order chi connectivity index (χ0) is 14.7. The fourth-order valence-electron chi connectivity index (χ4n) is 2.01. The molecule has 0 radical (unpaired) electrons. The van der Waals surface area contributed by atoms with Crippen molar-refractivity contribution >= 4 is 17.5 Å². The molecule has 0 bridgehead atoms. The molecule has 2 N–H and O–H groups in total. The maximum atomic E-state index is 11.9. The summed E-state index contributed by atoms with van der Waals surface area (Å²) in [6.45, 7) is 4.69. The summed E-state index contributed by atoms with van der Waals surface area (Å²) in [5, 5.41) is 6.37. The smallest absolute Gasteiger partial charge is 0.244 e. The quantitative estimate of drug-likeness (QED) is 0.828. The van der Waals surface area contributed by atoms with Crippen molar-refractivity contribution in [3.8, 4) is 0 Å². The molecule has 1 unspecified atom stereocenters. The van der Waals surface area contributed by atoms with Gasteiger partial charge in [-0.15, -0.1) is 0 Å². The molecule has 1 saturated carbocycles. The molecule has 0 aliphatic heterocycles. The van der Waals surface area contributed by atoms with Gasteiger partial charge in [-0.25, -0.2) is 9.97 Å². The second-order valence-electron chi connectivity index (χ2n) is 5.40. The summed E-state index contributed by atoms with van der Waals surface area (Å²) >= 11 is 0. The summed E-state index contributed by atoms with van der Waals surface area (Å²) in [5.41, 5.74) is 0. The third-order valence-electron chi connectivity index (χ3n) is 3.22. The molecule has 6 nitrogen and oxygen atoms in total. The van der Waals surface area contributed by atoms with Gasteiger partial charge in [0, 0.05) is 32.6 Å². The first-order valence-electron chi connectivity index (χ1n) is 7.11. The van der Waals surface area contributed by atoms with Crippen molar-refractivity contribution < 1.29 is 4.79 Å². The second kappa shape index (κ2) is 6.07. The molecule has 0 aromatic carbocycles. The van der Waals surface area contributed by atoms with E-state index in [1.807, 2.05) is 19.9 Å². The Morgan fingerprint density at radius 2 is 2.05 bits per heavy atom. The van der Waals surface area contributed by atoms with Gasteiger partial charge in [-0.05, 0) is 26.7 Å². The van der Waals surface area contributed by atoms with E-state index in [-0.39, 0.29) is 11.9 Å². The Balaban J connectivity index is 2.15. The van der Waals surface area contributed by atoms with Crippen LogP contribution in [-0.2, 0) is 4.79 Å². The molecule has 1 aliphatic rings. The standard InChI is InChI=1S/C14H23N5O/c1-5-15-11-8-12(16-9(2)14(20)19(3)4)18-13(17-11)10-6-7-10/h8-10H,5-7H2,1-4H3,(H2,15,16,17,18). The molecule has 1 heterocycles. The first-order valence-corrected chi connectivity index (χ1v) is 7.11. The number of hydrogen-bond donors (Lipinski definition) is 2. The van der Waals surface area contributed by atoms with Crippen molar-refractivity contribution in [2.24, 2.45) is 0 Å². The van der Waals surface area contributed by atoms with Crippen LogP contribution in [0, 0.1) is 0 Å². The van der Waals surface area contributed by atoms with Gasteiger partial charge < -0.3 is 15.5 Å². The largest absolute Gasteiger partial charge is 0.370 e. The molecule has 6 heteroatoms. The van der Waals surface area contributed by atoms with Gasteiger partial charge in [-0.2, -0.15) is 0 Å². The average Bonchev–Trinajstić information content (AvgIpc) is 3.22. The minimum absolute atomic E-state index is 0.0292. The minimum atomic E-state index is -0.304. The minimum Gasteiger partial charge on any atom is -0.370 e. The van der Waals surface area contributed by atoms with E-state index in [0.29, 0.717) is 11.7 Å². The van der Waals surface area contributed by atoms with Crippen LogP contribution in [0.2, 0.25) is 0 Å². The van der Waals surface area contributed by atoms with Gasteiger partial charge in [0.2, 0.25) is 5.91 Å². The Kier molecular flexibility index (Phi) is 4.42. The Bertz CT molecular complexity index is 484. The average molecular weight is 277 g/mol. The SMILES string of the molecule is CCNc1cc(NC(C)C(=O)N(C)C)nc(C2CC2)n1. The van der Waals surface area contributed by atoms with E-state index in [1.54, 1.807) is 19.0 Å². The Hall–Kier alpha value is -1.85. The number of rotatable bonds is 6. The van der Waals surface area contributed by atoms with Crippen LogP contribution in [0.1, 0.15) is 38.4 Å². The van der Waals surface area contributed by atoms with E-state index < -0.39 is 0 Å². The van der Waals surface area contributed by atoms with Gasteiger partial charge >= 0.3 is 0 Å². The molecule has 0 spiro atoms. The van der Waals surface area contributed by atoms with Crippen LogP contribution in [0.4, 0.5) is 11.6 Å². The topological polar surface area (TPSA) is 70.2 Å². The molecule has 20 heavy (non-hydrogen) atoms. The number of likely N-dealkylation sites (N-methyl/N-ethyl adjacent to an activating group) is 1. The van der Waals surface area contributed by atoms with Crippen molar-refractivity contribution in [1.29, 1.82) is 0 Å². The van der Waals surface area contributed by atoms with Crippen molar-refractivity contribution in [2.45, 2.75) is 38.6 Å². The monoisotopic (exact) mass is 277 g/mol. The fourth-order valence-corrected chi connectivity index (χ4v) is 2.01. The van der Waals surface area contributed by atoms with Crippen LogP contribution in [0.5, 0.6) is 0 Å². The number of nitrogens with zero attached hydrogens (tertiary/aromatic N) is 3. The predicted octanol–water partition coefficient (Wildman–Crippen LogP) is 1.67. The van der Waals surface area contributed by atoms with Crippen LogP contribution in [0.15, 0.2) is 6.07 Å². The second-order valence-corrected chi connectivity index (χ2v) is 5.40. The Labute approximate surface area is 120 Å². The van der Waals surface area contributed by atoms with E-state index in [2.05, 4.69) is 20.6 Å². The van der Waals surface area contributed by atoms with Crippen LogP contribution < -0.4 is 10.6 Å². The summed E-state index contributed by atoms with van der Waals surface area (Å²) in [5.74, 6) is 2.91. The van der Waals surface area contributed by atoms with Gasteiger partial charge in [0.05, 0.1) is 0 Å². The highest BCUT2D eigenvalue weighted by atomic mass is 16.2. The summed E-state index contributed by atoms with van der Waals surface area (Å²) in [4.78, 5) is 22.5. The van der Waals surface area contributed by atoms with Crippen LogP contribution in [0.25, 0.3) is 0 Å². The fraction of sp³-hybridized carbons (Fsp3) is 0.643. The number of amides is 1. The molecule has 1 atom stereocenters. The molecular weight excluding hydrogens is 254 g/mol. The number of hydrogen-bond acceptors (Lipinski definition) is 5. The Morgan fingerprint density at radius 3 is 2.60 bits per heavy atom. The van der Waals surface area contributed by atoms with E-state index in [9.17, 15) is 4.79 Å². The number of carbonyl (C=O) groups is 1. The van der Waals surface area contributed by atoms with Crippen molar-refractivity contribution in [3.63, 3.8) is 0 Å². The zero-order valence-corrected chi connectivity index (χ0v) is 12.6. The number of nitrogens with one attached hydrogen (secondary N) is 2. The van der Waals surface area contributed by atoms with Crippen LogP contribution >= 0.6 is 0 Å². The van der Waals surface area contributed by atoms with Gasteiger partial charge in [-0.3, -0.25) is 4.79 Å². The highest BCUT2D eigenvalue weighted by Crippen LogP contribution is 2.38. The molecule has 110 valence electrons. The number of anilines is 2. The predicted molar refractivity (Wildman–Crippen MR) is 79.9 cm³/mol. The van der Waals surface area contributed by atoms with Gasteiger partial charge in [-0.1, -0.05) is 0 Å². The Morgan fingerprint density at radius 1 is 1.40 bits per heavy atom. The molecule has 0 saturated heterocycles. The summed E-state index contributed by atoms with van der Waals surface area (Å²) in [6.07, 6.45) is 2.31. The highest BCUT2D eigenvalue weighted by molar-refractivity contribution is 5.83. The van der Waals surface area contributed by atoms with Crippen molar-refractivity contribution in [1.82, 2.24) is 14.9 Å². The molecule has 1 aliphatic carbocycles. The van der Waals surface area contributed by atoms with E-state index in [0.717, 1.165) is 31.0 Å². The lowest BCUT2D eigenvalue weighted by molar-refractivity contribution is -0.129. The lowest BCUT2D eigenvalue weighted by Crippen LogP contribution is -2.36. The van der Waals surface area contributed by atoms with E-state index >= 15 is 0 Å². The highest BCUT2D eigenvalue weighted by Gasteiger charge is 2.27. The summed E-state index contributed by atoms with van der Waals surface area (Å²) in [6, 6.07) is 1.55. The molecule has 1 aromatic rings. The maximum absolute atomic E-state index is 11.9. The zero-order valence-electron chi connectivity index (χ0n) is 12.6. The third kappa shape index (κ3) is 3.59. The van der Waals surface area contributed by atoms with E-state index in [4.69, 9.17) is 0 Å². The molecular formula is C14H23N5O. The maximum Gasteiger partial charge on any atom is 0.244 e. The first-order chi connectivity index (χ1) is 9.51. The summed E-state index contributed by atoms with van der Waals surface area (Å²) < 4.78 is 0. The first kappa shape index (κ1) is 14.6. The normalized spacial score (nSPS) is 15.6. The van der Waals surface area contributed by atoms with Crippen LogP contribution in [0.3, 0.4) is 0 Å². The molecule has 2 rings (SSSR count). The third-order valence-corrected chi connectivity index (χ3v) is 3.22. The lowest BCUT2D eigenvalue weighted by Gasteiger charge is -2.19.